The number of benzene rings is 1. The molecule has 0 atom stereocenters. The van der Waals surface area contributed by atoms with E-state index >= 15 is 0 Å². The molecule has 2 aromatic rings. The second kappa shape index (κ2) is 5.76. The summed E-state index contributed by atoms with van der Waals surface area (Å²) in [5.41, 5.74) is -1.83. The zero-order valence-corrected chi connectivity index (χ0v) is 11.2. The van der Waals surface area contributed by atoms with E-state index in [1.54, 1.807) is 0 Å². The van der Waals surface area contributed by atoms with Gasteiger partial charge in [-0.05, 0) is 18.2 Å². The molecule has 1 heterocycles. The van der Waals surface area contributed by atoms with Gasteiger partial charge in [-0.3, -0.25) is 10.1 Å². The Bertz CT molecular complexity index is 737. The third kappa shape index (κ3) is 3.42. The highest BCUT2D eigenvalue weighted by atomic mass is 35.5. The number of hydrogen-bond acceptors (Lipinski definition) is 4. The Morgan fingerprint density at radius 3 is 2.41 bits per heavy atom. The van der Waals surface area contributed by atoms with Crippen LogP contribution in [0, 0.1) is 16.1 Å². The van der Waals surface area contributed by atoms with Gasteiger partial charge in [0.1, 0.15) is 5.75 Å². The van der Waals surface area contributed by atoms with Gasteiger partial charge in [-0.2, -0.15) is 22.5 Å². The van der Waals surface area contributed by atoms with Gasteiger partial charge in [0.05, 0.1) is 15.5 Å². The van der Waals surface area contributed by atoms with Crippen molar-refractivity contribution >= 4 is 17.3 Å². The molecule has 0 aliphatic carbocycles. The van der Waals surface area contributed by atoms with E-state index in [4.69, 9.17) is 16.3 Å². The van der Waals surface area contributed by atoms with Crippen molar-refractivity contribution in [1.29, 1.82) is 0 Å². The molecule has 0 saturated heterocycles. The van der Waals surface area contributed by atoms with E-state index in [9.17, 15) is 27.7 Å². The van der Waals surface area contributed by atoms with Crippen molar-refractivity contribution in [3.63, 3.8) is 0 Å². The molecule has 0 spiro atoms. The highest BCUT2D eigenvalue weighted by Gasteiger charge is 2.31. The first-order valence-corrected chi connectivity index (χ1v) is 5.92. The summed E-state index contributed by atoms with van der Waals surface area (Å²) in [6, 6.07) is 4.11. The van der Waals surface area contributed by atoms with E-state index in [1.165, 1.54) is 0 Å². The second-order valence-corrected chi connectivity index (χ2v) is 4.37. The number of nitrogens with zero attached hydrogens (tertiary/aromatic N) is 2. The lowest BCUT2D eigenvalue weighted by Gasteiger charge is -2.10. The maximum atomic E-state index is 13.3. The number of halogens is 5. The minimum Gasteiger partial charge on any atom is -0.437 e. The van der Waals surface area contributed by atoms with Crippen LogP contribution in [0.5, 0.6) is 11.6 Å². The van der Waals surface area contributed by atoms with Crippen molar-refractivity contribution in [2.45, 2.75) is 6.18 Å². The van der Waals surface area contributed by atoms with Gasteiger partial charge in [-0.15, -0.1) is 0 Å². The van der Waals surface area contributed by atoms with Gasteiger partial charge in [-0.25, -0.2) is 0 Å². The molecule has 1 aromatic carbocycles. The molecule has 116 valence electrons. The number of pyridine rings is 1. The van der Waals surface area contributed by atoms with Crippen molar-refractivity contribution < 1.29 is 27.2 Å². The van der Waals surface area contributed by atoms with Gasteiger partial charge in [0.25, 0.3) is 5.95 Å². The SMILES string of the molecule is O=[N+]([O-])c1ccc(Oc2ccc(C(F)(F)F)cc2Cl)nc1F. The van der Waals surface area contributed by atoms with Gasteiger partial charge < -0.3 is 4.74 Å². The number of hydrogen-bond donors (Lipinski definition) is 0. The molecule has 5 nitrogen and oxygen atoms in total. The summed E-state index contributed by atoms with van der Waals surface area (Å²) < 4.78 is 55.8. The zero-order chi connectivity index (χ0) is 16.5. The first-order valence-electron chi connectivity index (χ1n) is 5.54. The summed E-state index contributed by atoms with van der Waals surface area (Å²) in [5.74, 6) is -1.97. The first-order chi connectivity index (χ1) is 10.2. The Morgan fingerprint density at radius 2 is 1.91 bits per heavy atom. The molecular formula is C12H5ClF4N2O3. The maximum Gasteiger partial charge on any atom is 0.416 e. The average molecular weight is 337 g/mol. The Hall–Kier alpha value is -2.42. The monoisotopic (exact) mass is 336 g/mol. The molecule has 0 unspecified atom stereocenters. The van der Waals surface area contributed by atoms with Crippen molar-refractivity contribution in [3.05, 3.63) is 57.0 Å². The number of aromatic nitrogens is 1. The van der Waals surface area contributed by atoms with Gasteiger partial charge in [0.2, 0.25) is 5.88 Å². The quantitative estimate of drug-likeness (QED) is 0.356. The van der Waals surface area contributed by atoms with Crippen LogP contribution in [-0.2, 0) is 6.18 Å². The Labute approximate surface area is 125 Å². The van der Waals surface area contributed by atoms with Crippen LogP contribution in [-0.4, -0.2) is 9.91 Å². The molecule has 0 saturated carbocycles. The lowest BCUT2D eigenvalue weighted by atomic mass is 10.2. The molecule has 0 amide bonds. The molecule has 0 aliphatic rings. The van der Waals surface area contributed by atoms with E-state index in [1.807, 2.05) is 0 Å². The van der Waals surface area contributed by atoms with Crippen molar-refractivity contribution in [2.75, 3.05) is 0 Å². The van der Waals surface area contributed by atoms with Gasteiger partial charge in [0.15, 0.2) is 0 Å². The fraction of sp³-hybridized carbons (Fsp3) is 0.0833. The summed E-state index contributed by atoms with van der Waals surface area (Å²) in [6.07, 6.45) is -4.57. The number of rotatable bonds is 3. The summed E-state index contributed by atoms with van der Waals surface area (Å²) in [6.45, 7) is 0. The maximum absolute atomic E-state index is 13.3. The van der Waals surface area contributed by atoms with Crippen LogP contribution in [0.2, 0.25) is 5.02 Å². The highest BCUT2D eigenvalue weighted by molar-refractivity contribution is 6.32. The number of ether oxygens (including phenoxy) is 1. The standard InChI is InChI=1S/C12H5ClF4N2O3/c13-7-5-6(12(15,16)17)1-3-9(7)22-10-4-2-8(19(20)21)11(14)18-10/h1-5H. The highest BCUT2D eigenvalue weighted by Crippen LogP contribution is 2.36. The van der Waals surface area contributed by atoms with Crippen LogP contribution in [0.15, 0.2) is 30.3 Å². The molecule has 0 aliphatic heterocycles. The van der Waals surface area contributed by atoms with Crippen LogP contribution in [0.25, 0.3) is 0 Å². The Balaban J connectivity index is 2.28. The third-order valence-electron chi connectivity index (χ3n) is 2.47. The van der Waals surface area contributed by atoms with Crippen molar-refractivity contribution in [3.8, 4) is 11.6 Å². The fourth-order valence-electron chi connectivity index (χ4n) is 1.48. The minimum absolute atomic E-state index is 0.199. The van der Waals surface area contributed by atoms with E-state index in [-0.39, 0.29) is 16.7 Å². The van der Waals surface area contributed by atoms with Gasteiger partial charge in [0, 0.05) is 12.1 Å². The zero-order valence-electron chi connectivity index (χ0n) is 10.4. The molecule has 22 heavy (non-hydrogen) atoms. The molecule has 10 heteroatoms. The van der Waals surface area contributed by atoms with E-state index in [2.05, 4.69) is 4.98 Å². The summed E-state index contributed by atoms with van der Waals surface area (Å²) in [7, 11) is 0. The molecule has 2 rings (SSSR count). The normalized spacial score (nSPS) is 11.3. The summed E-state index contributed by atoms with van der Waals surface area (Å²) in [4.78, 5) is 12.6. The topological polar surface area (TPSA) is 65.3 Å². The number of alkyl halides is 3. The molecule has 0 bridgehead atoms. The third-order valence-corrected chi connectivity index (χ3v) is 2.77. The summed E-state index contributed by atoms with van der Waals surface area (Å²) in [5, 5.41) is 10.1. The lowest BCUT2D eigenvalue weighted by molar-refractivity contribution is -0.388. The van der Waals surface area contributed by atoms with Crippen LogP contribution in [0.4, 0.5) is 23.2 Å². The van der Waals surface area contributed by atoms with Crippen LogP contribution in [0.3, 0.4) is 0 Å². The Kier molecular flexibility index (Phi) is 4.18. The van der Waals surface area contributed by atoms with Crippen molar-refractivity contribution in [1.82, 2.24) is 4.98 Å². The van der Waals surface area contributed by atoms with E-state index in [0.29, 0.717) is 6.07 Å². The van der Waals surface area contributed by atoms with Crippen molar-refractivity contribution in [2.24, 2.45) is 0 Å². The molecule has 1 aromatic heterocycles. The second-order valence-electron chi connectivity index (χ2n) is 3.96. The average Bonchev–Trinajstić information content (AvgIpc) is 2.39. The van der Waals surface area contributed by atoms with E-state index < -0.39 is 28.3 Å². The molecule has 0 N–H and O–H groups in total. The minimum atomic E-state index is -4.57. The molecular weight excluding hydrogens is 332 g/mol. The molecule has 0 fully saturated rings. The van der Waals surface area contributed by atoms with Gasteiger partial charge >= 0.3 is 11.9 Å². The first kappa shape index (κ1) is 16.0. The van der Waals surface area contributed by atoms with Crippen LogP contribution in [0.1, 0.15) is 5.56 Å². The number of nitro groups is 1. The predicted octanol–water partition coefficient (Wildman–Crippen LogP) is 4.59. The lowest BCUT2D eigenvalue weighted by Crippen LogP contribution is -2.04. The van der Waals surface area contributed by atoms with Crippen LogP contribution < -0.4 is 4.74 Å². The summed E-state index contributed by atoms with van der Waals surface area (Å²) >= 11 is 5.65. The predicted molar refractivity (Wildman–Crippen MR) is 67.4 cm³/mol. The van der Waals surface area contributed by atoms with Crippen LogP contribution >= 0.6 is 11.6 Å². The smallest absolute Gasteiger partial charge is 0.416 e. The Morgan fingerprint density at radius 1 is 1.23 bits per heavy atom. The van der Waals surface area contributed by atoms with E-state index in [0.717, 1.165) is 24.3 Å². The van der Waals surface area contributed by atoms with Gasteiger partial charge in [-0.1, -0.05) is 11.6 Å². The molecule has 0 radical (unpaired) electrons. The fourth-order valence-corrected chi connectivity index (χ4v) is 1.70. The largest absolute Gasteiger partial charge is 0.437 e.